The number of methoxy groups -OCH3 is 2. The molecule has 0 aliphatic carbocycles. The van der Waals surface area contributed by atoms with Gasteiger partial charge in [-0.05, 0) is 36.5 Å². The number of hydrogen-bond acceptors (Lipinski definition) is 6. The molecule has 8 heteroatoms. The van der Waals surface area contributed by atoms with E-state index in [1.165, 1.54) is 18.4 Å². The van der Waals surface area contributed by atoms with E-state index in [0.29, 0.717) is 41.0 Å². The van der Waals surface area contributed by atoms with E-state index in [1.54, 1.807) is 19.2 Å². The number of anilines is 1. The number of hydrogen-bond donors (Lipinski definition) is 1. The Kier molecular flexibility index (Phi) is 6.49. The number of Topliss-reactive ketones (excluding diaryl/α,β-unsaturated/α-hetero) is 1. The van der Waals surface area contributed by atoms with Crippen LogP contribution < -0.4 is 14.8 Å². The summed E-state index contributed by atoms with van der Waals surface area (Å²) >= 11 is 7.03. The Labute approximate surface area is 173 Å². The summed E-state index contributed by atoms with van der Waals surface area (Å²) in [6, 6.07) is 9.26. The van der Waals surface area contributed by atoms with E-state index in [0.717, 1.165) is 17.7 Å². The lowest BCUT2D eigenvalue weighted by Gasteiger charge is -2.33. The second kappa shape index (κ2) is 9.04. The second-order valence-electron chi connectivity index (χ2n) is 6.40. The van der Waals surface area contributed by atoms with Crippen molar-refractivity contribution in [2.24, 2.45) is 5.92 Å². The van der Waals surface area contributed by atoms with Crippen molar-refractivity contribution in [3.8, 4) is 17.6 Å². The number of nitrogens with one attached hydrogen (secondary N) is 1. The molecule has 0 unspecified atom stereocenters. The molecule has 2 heterocycles. The molecule has 3 rings (SSSR count). The summed E-state index contributed by atoms with van der Waals surface area (Å²) < 4.78 is 10.6. The first kappa shape index (κ1) is 20.1. The van der Waals surface area contributed by atoms with Crippen molar-refractivity contribution in [3.63, 3.8) is 0 Å². The van der Waals surface area contributed by atoms with Crippen LogP contribution in [-0.2, 0) is 0 Å². The third kappa shape index (κ3) is 4.26. The fourth-order valence-corrected chi connectivity index (χ4v) is 4.27. The topological polar surface area (TPSA) is 74.6 Å². The van der Waals surface area contributed by atoms with Gasteiger partial charge in [0.2, 0.25) is 0 Å². The highest BCUT2D eigenvalue weighted by Crippen LogP contribution is 2.33. The Morgan fingerprint density at radius 2 is 1.96 bits per heavy atom. The quantitative estimate of drug-likeness (QED) is 0.586. The third-order valence-corrected chi connectivity index (χ3v) is 6.05. The fraction of sp³-hybridized carbons (Fsp3) is 0.350. The number of nitrogens with zero attached hydrogens (tertiary/aromatic N) is 2. The van der Waals surface area contributed by atoms with Crippen molar-refractivity contribution in [1.29, 1.82) is 5.26 Å². The zero-order valence-corrected chi connectivity index (χ0v) is 17.4. The molecule has 6 nitrogen and oxygen atoms in total. The molecule has 0 spiro atoms. The van der Waals surface area contributed by atoms with Crippen LogP contribution in [0.15, 0.2) is 29.6 Å². The van der Waals surface area contributed by atoms with E-state index in [-0.39, 0.29) is 11.7 Å². The van der Waals surface area contributed by atoms with Crippen molar-refractivity contribution >= 4 is 40.1 Å². The van der Waals surface area contributed by atoms with Crippen LogP contribution in [0.25, 0.3) is 0 Å². The molecule has 1 aromatic heterocycles. The SMILES string of the molecule is COc1cc(C#N)c(NC(=S)N2CCC(C(=O)c3cccs3)CC2)cc1OC. The largest absolute Gasteiger partial charge is 0.493 e. The van der Waals surface area contributed by atoms with E-state index < -0.39 is 0 Å². The predicted octanol–water partition coefficient (Wildman–Crippen LogP) is 3.93. The fourth-order valence-electron chi connectivity index (χ4n) is 3.23. The van der Waals surface area contributed by atoms with Gasteiger partial charge in [0.15, 0.2) is 22.4 Å². The number of thiophene rings is 1. The Bertz CT molecular complexity index is 898. The van der Waals surface area contributed by atoms with Crippen molar-refractivity contribution in [2.75, 3.05) is 32.6 Å². The van der Waals surface area contributed by atoms with Gasteiger partial charge in [-0.1, -0.05) is 6.07 Å². The first-order chi connectivity index (χ1) is 13.6. The Balaban J connectivity index is 1.65. The van der Waals surface area contributed by atoms with E-state index in [2.05, 4.69) is 11.4 Å². The number of nitriles is 1. The molecule has 0 saturated carbocycles. The van der Waals surface area contributed by atoms with E-state index >= 15 is 0 Å². The molecule has 0 atom stereocenters. The lowest BCUT2D eigenvalue weighted by Crippen LogP contribution is -2.42. The minimum absolute atomic E-state index is 0.0356. The molecule has 28 heavy (non-hydrogen) atoms. The standard InChI is InChI=1S/C20H21N3O3S2/c1-25-16-10-14(12-21)15(11-17(16)26-2)22-20(27)23-7-5-13(6-8-23)19(24)18-4-3-9-28-18/h3-4,9-11,13H,5-8H2,1-2H3,(H,22,27). The van der Waals surface area contributed by atoms with Crippen molar-refractivity contribution in [2.45, 2.75) is 12.8 Å². The minimum atomic E-state index is 0.0356. The predicted molar refractivity (Wildman–Crippen MR) is 113 cm³/mol. The van der Waals surface area contributed by atoms with E-state index in [9.17, 15) is 10.1 Å². The lowest BCUT2D eigenvalue weighted by molar-refractivity contribution is 0.0877. The number of thiocarbonyl (C=S) groups is 1. The maximum atomic E-state index is 12.5. The first-order valence-electron chi connectivity index (χ1n) is 8.87. The summed E-state index contributed by atoms with van der Waals surface area (Å²) in [6.45, 7) is 1.39. The molecule has 0 bridgehead atoms. The van der Waals surface area contributed by atoms with Gasteiger partial charge in [0, 0.05) is 31.1 Å². The van der Waals surface area contributed by atoms with Crippen LogP contribution in [0.3, 0.4) is 0 Å². The van der Waals surface area contributed by atoms with Crippen molar-refractivity contribution in [3.05, 3.63) is 40.1 Å². The molecule has 1 fully saturated rings. The van der Waals surface area contributed by atoms with Crippen LogP contribution in [-0.4, -0.2) is 43.1 Å². The summed E-state index contributed by atoms with van der Waals surface area (Å²) in [7, 11) is 3.07. The molecule has 1 aliphatic rings. The number of ketones is 1. The number of piperidine rings is 1. The molecule has 0 amide bonds. The average Bonchev–Trinajstić information content (AvgIpc) is 3.27. The smallest absolute Gasteiger partial charge is 0.175 e. The average molecular weight is 416 g/mol. The second-order valence-corrected chi connectivity index (χ2v) is 7.73. The van der Waals surface area contributed by atoms with E-state index in [4.69, 9.17) is 21.7 Å². The number of carbonyl (C=O) groups is 1. The highest BCUT2D eigenvalue weighted by molar-refractivity contribution is 7.80. The summed E-state index contributed by atoms with van der Waals surface area (Å²) in [5, 5.41) is 15.0. The third-order valence-electron chi connectivity index (χ3n) is 4.80. The van der Waals surface area contributed by atoms with Crippen LogP contribution in [0.5, 0.6) is 11.5 Å². The Morgan fingerprint density at radius 1 is 1.29 bits per heavy atom. The number of ether oxygens (including phenoxy) is 2. The molecule has 1 N–H and O–H groups in total. The molecular weight excluding hydrogens is 394 g/mol. The van der Waals surface area contributed by atoms with Gasteiger partial charge < -0.3 is 19.7 Å². The van der Waals surface area contributed by atoms with Crippen molar-refractivity contribution in [1.82, 2.24) is 4.90 Å². The van der Waals surface area contributed by atoms with Crippen molar-refractivity contribution < 1.29 is 14.3 Å². The van der Waals surface area contributed by atoms with Crippen LogP contribution >= 0.6 is 23.6 Å². The zero-order chi connectivity index (χ0) is 20.1. The monoisotopic (exact) mass is 415 g/mol. The number of carbonyl (C=O) groups excluding carboxylic acids is 1. The van der Waals surface area contributed by atoms with Crippen LogP contribution in [0.4, 0.5) is 5.69 Å². The number of benzene rings is 1. The number of likely N-dealkylation sites (tertiary alicyclic amines) is 1. The summed E-state index contributed by atoms with van der Waals surface area (Å²) in [6.07, 6.45) is 1.52. The maximum Gasteiger partial charge on any atom is 0.175 e. The molecule has 146 valence electrons. The normalized spacial score (nSPS) is 14.2. The van der Waals surface area contributed by atoms with Gasteiger partial charge in [0.05, 0.1) is 30.3 Å². The Hall–Kier alpha value is -2.63. The van der Waals surface area contributed by atoms with Gasteiger partial charge in [-0.3, -0.25) is 4.79 Å². The zero-order valence-electron chi connectivity index (χ0n) is 15.7. The van der Waals surface area contributed by atoms with Gasteiger partial charge in [0.25, 0.3) is 0 Å². The lowest BCUT2D eigenvalue weighted by atomic mass is 9.92. The van der Waals surface area contributed by atoms with Crippen LogP contribution in [0, 0.1) is 17.2 Å². The highest BCUT2D eigenvalue weighted by Gasteiger charge is 2.27. The van der Waals surface area contributed by atoms with Gasteiger partial charge in [-0.25, -0.2) is 0 Å². The first-order valence-corrected chi connectivity index (χ1v) is 10.2. The highest BCUT2D eigenvalue weighted by atomic mass is 32.1. The molecule has 0 radical (unpaired) electrons. The molecule has 1 aromatic carbocycles. The number of rotatable bonds is 5. The van der Waals surface area contributed by atoms with Crippen LogP contribution in [0.2, 0.25) is 0 Å². The van der Waals surface area contributed by atoms with E-state index in [1.807, 2.05) is 22.4 Å². The molecule has 1 aliphatic heterocycles. The summed E-state index contributed by atoms with van der Waals surface area (Å²) in [5.41, 5.74) is 0.990. The molecule has 2 aromatic rings. The molecular formula is C20H21N3O3S2. The Morgan fingerprint density at radius 3 is 2.54 bits per heavy atom. The minimum Gasteiger partial charge on any atom is -0.493 e. The van der Waals surface area contributed by atoms with Crippen LogP contribution in [0.1, 0.15) is 28.1 Å². The van der Waals surface area contributed by atoms with Gasteiger partial charge in [-0.2, -0.15) is 5.26 Å². The molecule has 1 saturated heterocycles. The van der Waals surface area contributed by atoms with Gasteiger partial charge >= 0.3 is 0 Å². The maximum absolute atomic E-state index is 12.5. The van der Waals surface area contributed by atoms with Gasteiger partial charge in [0.1, 0.15) is 6.07 Å². The van der Waals surface area contributed by atoms with Gasteiger partial charge in [-0.15, -0.1) is 11.3 Å². The summed E-state index contributed by atoms with van der Waals surface area (Å²) in [4.78, 5) is 15.4. The summed E-state index contributed by atoms with van der Waals surface area (Å²) in [5.74, 6) is 1.27.